The molecule has 0 unspecified atom stereocenters. The Morgan fingerprint density at radius 1 is 1.10 bits per heavy atom. The summed E-state index contributed by atoms with van der Waals surface area (Å²) in [7, 11) is 0. The van der Waals surface area contributed by atoms with E-state index in [1.54, 1.807) is 0 Å². The predicted molar refractivity (Wildman–Crippen MR) is 77.4 cm³/mol. The van der Waals surface area contributed by atoms with Crippen molar-refractivity contribution in [1.29, 1.82) is 0 Å². The van der Waals surface area contributed by atoms with E-state index in [1.165, 1.54) is 0 Å². The molecule has 2 aromatic carbocycles. The molecule has 21 heavy (non-hydrogen) atoms. The molecule has 0 saturated heterocycles. The number of aromatic amines is 1. The average Bonchev–Trinajstić information content (AvgIpc) is 3.16. The van der Waals surface area contributed by atoms with Crippen molar-refractivity contribution in [3.63, 3.8) is 0 Å². The van der Waals surface area contributed by atoms with Crippen molar-refractivity contribution in [3.05, 3.63) is 48.0 Å². The number of hydrogen-bond donors (Lipinski definition) is 1. The van der Waals surface area contributed by atoms with Crippen LogP contribution < -0.4 is 0 Å². The van der Waals surface area contributed by atoms with Gasteiger partial charge in [0.15, 0.2) is 5.58 Å². The van der Waals surface area contributed by atoms with Crippen molar-refractivity contribution in [2.45, 2.75) is 6.92 Å². The van der Waals surface area contributed by atoms with Gasteiger partial charge in [-0.2, -0.15) is 5.21 Å². The standard InChI is InChI=1S/C15H11N5O/c1-9-4-2-3-5-11(9)15-16-12-8-10(6-7-13(12)21-15)14-17-19-20-18-14/h2-8H,1H3,(H,17,18,19,20). The first kappa shape index (κ1) is 11.8. The van der Waals surface area contributed by atoms with E-state index in [2.05, 4.69) is 25.6 Å². The summed E-state index contributed by atoms with van der Waals surface area (Å²) >= 11 is 0. The highest BCUT2D eigenvalue weighted by Gasteiger charge is 2.12. The quantitative estimate of drug-likeness (QED) is 0.609. The maximum absolute atomic E-state index is 5.83. The molecule has 0 radical (unpaired) electrons. The first-order valence-corrected chi connectivity index (χ1v) is 6.52. The fraction of sp³-hybridized carbons (Fsp3) is 0.0667. The van der Waals surface area contributed by atoms with E-state index in [1.807, 2.05) is 49.4 Å². The lowest BCUT2D eigenvalue weighted by Crippen LogP contribution is -1.82. The number of H-pyrrole nitrogens is 1. The molecule has 2 aromatic heterocycles. The Balaban J connectivity index is 1.85. The maximum atomic E-state index is 5.83. The molecule has 0 aliphatic heterocycles. The molecule has 1 N–H and O–H groups in total. The van der Waals surface area contributed by atoms with Gasteiger partial charge in [0.25, 0.3) is 0 Å². The molecule has 4 rings (SSSR count). The summed E-state index contributed by atoms with van der Waals surface area (Å²) in [6, 6.07) is 13.7. The van der Waals surface area contributed by atoms with Gasteiger partial charge in [0.05, 0.1) is 0 Å². The molecule has 0 amide bonds. The molecule has 2 heterocycles. The van der Waals surface area contributed by atoms with Crippen molar-refractivity contribution < 1.29 is 4.42 Å². The number of aromatic nitrogens is 5. The Labute approximate surface area is 119 Å². The van der Waals surface area contributed by atoms with E-state index in [0.29, 0.717) is 11.7 Å². The van der Waals surface area contributed by atoms with Crippen LogP contribution in [-0.2, 0) is 0 Å². The second-order valence-corrected chi connectivity index (χ2v) is 4.75. The topological polar surface area (TPSA) is 80.5 Å². The second-order valence-electron chi connectivity index (χ2n) is 4.75. The lowest BCUT2D eigenvalue weighted by molar-refractivity contribution is 0.619. The predicted octanol–water partition coefficient (Wildman–Crippen LogP) is 2.98. The van der Waals surface area contributed by atoms with Crippen LogP contribution in [0.2, 0.25) is 0 Å². The van der Waals surface area contributed by atoms with E-state index in [-0.39, 0.29) is 0 Å². The van der Waals surface area contributed by atoms with Crippen molar-refractivity contribution >= 4 is 11.1 Å². The molecule has 0 bridgehead atoms. The first-order chi connectivity index (χ1) is 10.3. The van der Waals surface area contributed by atoms with Crippen LogP contribution in [0.4, 0.5) is 0 Å². The Hall–Kier alpha value is -3.02. The normalized spacial score (nSPS) is 11.1. The number of nitrogens with one attached hydrogen (secondary N) is 1. The third kappa shape index (κ3) is 1.97. The van der Waals surface area contributed by atoms with Gasteiger partial charge in [0.2, 0.25) is 11.7 Å². The van der Waals surface area contributed by atoms with Crippen LogP contribution in [0.5, 0.6) is 0 Å². The molecule has 0 saturated carbocycles. The van der Waals surface area contributed by atoms with Crippen molar-refractivity contribution in [1.82, 2.24) is 25.6 Å². The van der Waals surface area contributed by atoms with Crippen LogP contribution in [0.1, 0.15) is 5.56 Å². The highest BCUT2D eigenvalue weighted by molar-refractivity contribution is 5.81. The Morgan fingerprint density at radius 3 is 2.81 bits per heavy atom. The van der Waals surface area contributed by atoms with Crippen LogP contribution in [0.15, 0.2) is 46.9 Å². The molecular weight excluding hydrogens is 266 g/mol. The molecule has 6 heteroatoms. The molecule has 4 aromatic rings. The second kappa shape index (κ2) is 4.52. The number of benzene rings is 2. The van der Waals surface area contributed by atoms with Gasteiger partial charge in [-0.05, 0) is 42.0 Å². The van der Waals surface area contributed by atoms with Crippen molar-refractivity contribution in [3.8, 4) is 22.8 Å². The minimum Gasteiger partial charge on any atom is -0.436 e. The van der Waals surface area contributed by atoms with E-state index < -0.39 is 0 Å². The van der Waals surface area contributed by atoms with Gasteiger partial charge in [0, 0.05) is 11.1 Å². The lowest BCUT2D eigenvalue weighted by Gasteiger charge is -1.98. The maximum Gasteiger partial charge on any atom is 0.227 e. The average molecular weight is 277 g/mol. The summed E-state index contributed by atoms with van der Waals surface area (Å²) < 4.78 is 5.83. The summed E-state index contributed by atoms with van der Waals surface area (Å²) in [6.07, 6.45) is 0. The third-order valence-corrected chi connectivity index (χ3v) is 3.37. The SMILES string of the molecule is Cc1ccccc1-c1nc2cc(-c3nn[nH]n3)ccc2o1. The monoisotopic (exact) mass is 277 g/mol. The highest BCUT2D eigenvalue weighted by atomic mass is 16.3. The minimum atomic E-state index is 0.539. The van der Waals surface area contributed by atoms with Crippen LogP contribution in [-0.4, -0.2) is 25.6 Å². The largest absolute Gasteiger partial charge is 0.436 e. The smallest absolute Gasteiger partial charge is 0.227 e. The molecular formula is C15H11N5O. The minimum absolute atomic E-state index is 0.539. The Morgan fingerprint density at radius 2 is 2.00 bits per heavy atom. The van der Waals surface area contributed by atoms with E-state index in [4.69, 9.17) is 4.42 Å². The summed E-state index contributed by atoms with van der Waals surface area (Å²) in [5.41, 5.74) is 4.48. The van der Waals surface area contributed by atoms with Gasteiger partial charge in [-0.1, -0.05) is 18.2 Å². The number of rotatable bonds is 2. The number of fused-ring (bicyclic) bond motifs is 1. The Kier molecular flexibility index (Phi) is 2.53. The molecule has 0 aliphatic rings. The number of hydrogen-bond acceptors (Lipinski definition) is 5. The number of aryl methyl sites for hydroxylation is 1. The number of nitrogens with zero attached hydrogens (tertiary/aromatic N) is 4. The summed E-state index contributed by atoms with van der Waals surface area (Å²) in [4.78, 5) is 4.56. The van der Waals surface area contributed by atoms with Crippen LogP contribution in [0, 0.1) is 6.92 Å². The molecule has 0 atom stereocenters. The van der Waals surface area contributed by atoms with Gasteiger partial charge < -0.3 is 4.42 Å². The summed E-state index contributed by atoms with van der Waals surface area (Å²) in [5.74, 6) is 1.16. The van der Waals surface area contributed by atoms with Gasteiger partial charge >= 0.3 is 0 Å². The van der Waals surface area contributed by atoms with Crippen LogP contribution in [0.3, 0.4) is 0 Å². The number of tetrazole rings is 1. The zero-order valence-corrected chi connectivity index (χ0v) is 11.2. The number of oxazole rings is 1. The van der Waals surface area contributed by atoms with E-state index in [9.17, 15) is 0 Å². The zero-order chi connectivity index (χ0) is 14.2. The third-order valence-electron chi connectivity index (χ3n) is 3.37. The Bertz CT molecular complexity index is 911. The molecule has 102 valence electrons. The summed E-state index contributed by atoms with van der Waals surface area (Å²) in [5, 5.41) is 13.9. The fourth-order valence-corrected chi connectivity index (χ4v) is 2.28. The van der Waals surface area contributed by atoms with Gasteiger partial charge in [-0.3, -0.25) is 0 Å². The first-order valence-electron chi connectivity index (χ1n) is 6.52. The summed E-state index contributed by atoms with van der Waals surface area (Å²) in [6.45, 7) is 2.04. The van der Waals surface area contributed by atoms with Crippen molar-refractivity contribution in [2.24, 2.45) is 0 Å². The van der Waals surface area contributed by atoms with Crippen molar-refractivity contribution in [2.75, 3.05) is 0 Å². The van der Waals surface area contributed by atoms with Gasteiger partial charge in [-0.25, -0.2) is 4.98 Å². The fourth-order valence-electron chi connectivity index (χ4n) is 2.28. The lowest BCUT2D eigenvalue weighted by atomic mass is 10.1. The van der Waals surface area contributed by atoms with Gasteiger partial charge in [0.1, 0.15) is 5.52 Å². The van der Waals surface area contributed by atoms with E-state index >= 15 is 0 Å². The van der Waals surface area contributed by atoms with Crippen LogP contribution in [0.25, 0.3) is 33.9 Å². The highest BCUT2D eigenvalue weighted by Crippen LogP contribution is 2.28. The molecule has 0 fully saturated rings. The van der Waals surface area contributed by atoms with Gasteiger partial charge in [-0.15, -0.1) is 10.2 Å². The molecule has 6 nitrogen and oxygen atoms in total. The molecule has 0 spiro atoms. The van der Waals surface area contributed by atoms with E-state index in [0.717, 1.165) is 27.8 Å². The zero-order valence-electron chi connectivity index (χ0n) is 11.2. The van der Waals surface area contributed by atoms with Crippen LogP contribution >= 0.6 is 0 Å². The molecule has 0 aliphatic carbocycles.